The Labute approximate surface area is 121 Å². The molecule has 6 heteroatoms. The van der Waals surface area contributed by atoms with E-state index in [1.54, 1.807) is 16.6 Å². The van der Waals surface area contributed by atoms with Crippen molar-refractivity contribution in [1.29, 1.82) is 0 Å². The Balaban J connectivity index is 2.13. The fourth-order valence-corrected chi connectivity index (χ4v) is 3.99. The van der Waals surface area contributed by atoms with E-state index in [4.69, 9.17) is 0 Å². The predicted octanol–water partition coefficient (Wildman–Crippen LogP) is 1.75. The van der Waals surface area contributed by atoms with E-state index >= 15 is 0 Å². The molecule has 1 aliphatic rings. The number of nitrogens with one attached hydrogen (secondary N) is 1. The zero-order valence-corrected chi connectivity index (χ0v) is 13.2. The second kappa shape index (κ2) is 6.20. The van der Waals surface area contributed by atoms with Crippen LogP contribution >= 0.6 is 0 Å². The van der Waals surface area contributed by atoms with Gasteiger partial charge in [0.1, 0.15) is 0 Å². The fraction of sp³-hybridized carbons (Fsp3) is 0.643. The lowest BCUT2D eigenvalue weighted by Crippen LogP contribution is -2.34. The van der Waals surface area contributed by atoms with Crippen LogP contribution in [0.2, 0.25) is 0 Å². The van der Waals surface area contributed by atoms with Crippen LogP contribution in [0.25, 0.3) is 0 Å². The SMILES string of the molecule is CC(C)NCc1ccc(S(=O)(=O)N2CCCC2C)nc1. The minimum absolute atomic E-state index is 0.0732. The molecule has 112 valence electrons. The Kier molecular flexibility index (Phi) is 4.78. The lowest BCUT2D eigenvalue weighted by atomic mass is 10.2. The van der Waals surface area contributed by atoms with Crippen molar-refractivity contribution in [1.82, 2.24) is 14.6 Å². The van der Waals surface area contributed by atoms with Crippen LogP contribution in [0.4, 0.5) is 0 Å². The zero-order chi connectivity index (χ0) is 14.8. The van der Waals surface area contributed by atoms with Gasteiger partial charge in [-0.1, -0.05) is 19.9 Å². The standard InChI is InChI=1S/C14H23N3O2S/c1-11(2)15-9-13-6-7-14(16-10-13)20(18,19)17-8-4-5-12(17)3/h6-7,10-12,15H,4-5,8-9H2,1-3H3. The summed E-state index contributed by atoms with van der Waals surface area (Å²) in [6.45, 7) is 7.39. The molecule has 0 amide bonds. The number of hydrogen-bond donors (Lipinski definition) is 1. The van der Waals surface area contributed by atoms with E-state index in [2.05, 4.69) is 24.1 Å². The van der Waals surface area contributed by atoms with E-state index < -0.39 is 10.0 Å². The summed E-state index contributed by atoms with van der Waals surface area (Å²) in [5.74, 6) is 0. The molecule has 1 atom stereocenters. The van der Waals surface area contributed by atoms with Gasteiger partial charge in [0.05, 0.1) is 0 Å². The van der Waals surface area contributed by atoms with Crippen molar-refractivity contribution in [3.8, 4) is 0 Å². The first-order valence-corrected chi connectivity index (χ1v) is 8.55. The third-order valence-corrected chi connectivity index (χ3v) is 5.51. The van der Waals surface area contributed by atoms with Gasteiger partial charge in [-0.3, -0.25) is 0 Å². The van der Waals surface area contributed by atoms with Crippen molar-refractivity contribution < 1.29 is 8.42 Å². The molecule has 0 bridgehead atoms. The molecule has 2 rings (SSSR count). The molecule has 0 aromatic carbocycles. The number of hydrogen-bond acceptors (Lipinski definition) is 4. The molecule has 0 radical (unpaired) electrons. The highest BCUT2D eigenvalue weighted by atomic mass is 32.2. The Morgan fingerprint density at radius 3 is 2.70 bits per heavy atom. The summed E-state index contributed by atoms with van der Waals surface area (Å²) in [6.07, 6.45) is 3.50. The average Bonchev–Trinajstić information content (AvgIpc) is 2.84. The first-order valence-electron chi connectivity index (χ1n) is 7.11. The molecule has 0 aliphatic carbocycles. The Morgan fingerprint density at radius 1 is 1.45 bits per heavy atom. The van der Waals surface area contributed by atoms with Gasteiger partial charge in [-0.2, -0.15) is 4.31 Å². The topological polar surface area (TPSA) is 62.3 Å². The van der Waals surface area contributed by atoms with Crippen molar-refractivity contribution in [3.63, 3.8) is 0 Å². The van der Waals surface area contributed by atoms with E-state index in [0.717, 1.165) is 18.4 Å². The largest absolute Gasteiger partial charge is 0.310 e. The van der Waals surface area contributed by atoms with Crippen LogP contribution < -0.4 is 5.32 Å². The molecule has 20 heavy (non-hydrogen) atoms. The Morgan fingerprint density at radius 2 is 2.20 bits per heavy atom. The first-order chi connectivity index (χ1) is 9.41. The van der Waals surface area contributed by atoms with Gasteiger partial charge in [-0.15, -0.1) is 0 Å². The predicted molar refractivity (Wildman–Crippen MR) is 78.8 cm³/mol. The van der Waals surface area contributed by atoms with Crippen molar-refractivity contribution in [2.24, 2.45) is 0 Å². The molecule has 0 saturated carbocycles. The van der Waals surface area contributed by atoms with E-state index in [9.17, 15) is 8.42 Å². The highest BCUT2D eigenvalue weighted by molar-refractivity contribution is 7.89. The van der Waals surface area contributed by atoms with Crippen LogP contribution in [-0.4, -0.2) is 36.3 Å². The summed E-state index contributed by atoms with van der Waals surface area (Å²) >= 11 is 0. The van der Waals surface area contributed by atoms with E-state index in [1.165, 1.54) is 0 Å². The summed E-state index contributed by atoms with van der Waals surface area (Å²) in [4.78, 5) is 4.14. The smallest absolute Gasteiger partial charge is 0.260 e. The molecular formula is C14H23N3O2S. The van der Waals surface area contributed by atoms with Crippen molar-refractivity contribution >= 4 is 10.0 Å². The molecular weight excluding hydrogens is 274 g/mol. The Hall–Kier alpha value is -0.980. The minimum Gasteiger partial charge on any atom is -0.310 e. The minimum atomic E-state index is -3.43. The maximum absolute atomic E-state index is 12.5. The summed E-state index contributed by atoms with van der Waals surface area (Å²) < 4.78 is 26.5. The fourth-order valence-electron chi connectivity index (χ4n) is 2.37. The van der Waals surface area contributed by atoms with E-state index in [1.807, 2.05) is 13.0 Å². The number of nitrogens with zero attached hydrogens (tertiary/aromatic N) is 2. The van der Waals surface area contributed by atoms with Gasteiger partial charge in [0, 0.05) is 31.4 Å². The maximum atomic E-state index is 12.5. The monoisotopic (exact) mass is 297 g/mol. The van der Waals surface area contributed by atoms with Crippen molar-refractivity contribution in [2.75, 3.05) is 6.54 Å². The third kappa shape index (κ3) is 3.37. The summed E-state index contributed by atoms with van der Waals surface area (Å²) in [5.41, 5.74) is 0.993. The highest BCUT2D eigenvalue weighted by Gasteiger charge is 2.33. The van der Waals surface area contributed by atoms with Crippen LogP contribution in [0.5, 0.6) is 0 Å². The summed E-state index contributed by atoms with van der Waals surface area (Å²) in [5, 5.41) is 3.43. The van der Waals surface area contributed by atoms with Crippen LogP contribution in [0.1, 0.15) is 39.2 Å². The van der Waals surface area contributed by atoms with Crippen LogP contribution in [0.3, 0.4) is 0 Å². The molecule has 1 unspecified atom stereocenters. The molecule has 1 N–H and O–H groups in total. The lowest BCUT2D eigenvalue weighted by molar-refractivity contribution is 0.406. The molecule has 1 aromatic rings. The molecule has 1 fully saturated rings. The van der Waals surface area contributed by atoms with Crippen LogP contribution in [0.15, 0.2) is 23.4 Å². The van der Waals surface area contributed by atoms with Gasteiger partial charge < -0.3 is 5.32 Å². The maximum Gasteiger partial charge on any atom is 0.260 e. The summed E-state index contributed by atoms with van der Waals surface area (Å²) in [7, 11) is -3.43. The molecule has 2 heterocycles. The second-order valence-electron chi connectivity index (χ2n) is 5.65. The van der Waals surface area contributed by atoms with Crippen LogP contribution in [-0.2, 0) is 16.6 Å². The quantitative estimate of drug-likeness (QED) is 0.899. The Bertz CT molecular complexity index is 540. The highest BCUT2D eigenvalue weighted by Crippen LogP contribution is 2.24. The number of sulfonamides is 1. The molecule has 1 aromatic heterocycles. The van der Waals surface area contributed by atoms with E-state index in [-0.39, 0.29) is 11.1 Å². The van der Waals surface area contributed by atoms with Crippen molar-refractivity contribution in [3.05, 3.63) is 23.9 Å². The number of aromatic nitrogens is 1. The van der Waals surface area contributed by atoms with E-state index in [0.29, 0.717) is 19.1 Å². The van der Waals surface area contributed by atoms with Crippen LogP contribution in [0, 0.1) is 0 Å². The van der Waals surface area contributed by atoms with Gasteiger partial charge >= 0.3 is 0 Å². The molecule has 5 nitrogen and oxygen atoms in total. The molecule has 1 saturated heterocycles. The number of pyridine rings is 1. The second-order valence-corrected chi connectivity index (χ2v) is 7.48. The van der Waals surface area contributed by atoms with Gasteiger partial charge in [0.2, 0.25) is 0 Å². The van der Waals surface area contributed by atoms with Gasteiger partial charge in [-0.05, 0) is 31.4 Å². The average molecular weight is 297 g/mol. The normalized spacial score (nSPS) is 20.7. The molecule has 1 aliphatic heterocycles. The van der Waals surface area contributed by atoms with Gasteiger partial charge in [-0.25, -0.2) is 13.4 Å². The van der Waals surface area contributed by atoms with Gasteiger partial charge in [0.15, 0.2) is 5.03 Å². The summed E-state index contributed by atoms with van der Waals surface area (Å²) in [6, 6.07) is 3.90. The lowest BCUT2D eigenvalue weighted by Gasteiger charge is -2.20. The molecule has 0 spiro atoms. The number of rotatable bonds is 5. The third-order valence-electron chi connectivity index (χ3n) is 3.58. The van der Waals surface area contributed by atoms with Gasteiger partial charge in [0.25, 0.3) is 10.0 Å². The first kappa shape index (κ1) is 15.4. The zero-order valence-electron chi connectivity index (χ0n) is 12.3. The van der Waals surface area contributed by atoms with Crippen molar-refractivity contribution in [2.45, 2.75) is 57.3 Å².